The molecule has 0 spiro atoms. The van der Waals surface area contributed by atoms with Crippen LogP contribution in [0, 0.1) is 5.92 Å². The summed E-state index contributed by atoms with van der Waals surface area (Å²) in [5.74, 6) is -1.19. The van der Waals surface area contributed by atoms with E-state index in [0.717, 1.165) is 4.47 Å². The number of rotatable bonds is 6. The van der Waals surface area contributed by atoms with E-state index >= 15 is 0 Å². The summed E-state index contributed by atoms with van der Waals surface area (Å²) < 4.78 is 30.9. The molecular formula is C16H21BrN2O5S. The van der Waals surface area contributed by atoms with Crippen LogP contribution >= 0.6 is 15.9 Å². The van der Waals surface area contributed by atoms with E-state index in [-0.39, 0.29) is 18.3 Å². The normalized spacial score (nSPS) is 16.4. The minimum absolute atomic E-state index is 0.0539. The second-order valence-corrected chi connectivity index (χ2v) is 8.91. The van der Waals surface area contributed by atoms with Crippen LogP contribution in [0.4, 0.5) is 5.69 Å². The van der Waals surface area contributed by atoms with Crippen LogP contribution in [0.25, 0.3) is 0 Å². The highest BCUT2D eigenvalue weighted by Crippen LogP contribution is 2.21. The number of amides is 1. The summed E-state index contributed by atoms with van der Waals surface area (Å²) in [6, 6.07) is 7.04. The van der Waals surface area contributed by atoms with Crippen molar-refractivity contribution in [2.75, 3.05) is 30.8 Å². The van der Waals surface area contributed by atoms with E-state index in [1.807, 2.05) is 0 Å². The average Bonchev–Trinajstić information content (AvgIpc) is 2.61. The van der Waals surface area contributed by atoms with Crippen molar-refractivity contribution in [3.63, 3.8) is 0 Å². The van der Waals surface area contributed by atoms with Crippen LogP contribution in [0.15, 0.2) is 28.7 Å². The van der Waals surface area contributed by atoms with Crippen molar-refractivity contribution in [1.29, 1.82) is 0 Å². The van der Waals surface area contributed by atoms with Gasteiger partial charge in [-0.2, -0.15) is 0 Å². The number of sulfonamides is 1. The van der Waals surface area contributed by atoms with Gasteiger partial charge in [0.05, 0.1) is 11.7 Å². The van der Waals surface area contributed by atoms with E-state index in [1.165, 1.54) is 4.31 Å². The third kappa shape index (κ3) is 5.79. The number of hydrogen-bond donors (Lipinski definition) is 1. The molecule has 1 saturated heterocycles. The Labute approximate surface area is 155 Å². The van der Waals surface area contributed by atoms with E-state index in [0.29, 0.717) is 31.6 Å². The summed E-state index contributed by atoms with van der Waals surface area (Å²) in [6.45, 7) is 1.85. The minimum Gasteiger partial charge on any atom is -0.455 e. The van der Waals surface area contributed by atoms with Gasteiger partial charge in [-0.25, -0.2) is 12.7 Å². The maximum Gasteiger partial charge on any atom is 0.309 e. The van der Waals surface area contributed by atoms with Crippen molar-refractivity contribution in [1.82, 2.24) is 4.31 Å². The number of piperidine rings is 1. The molecule has 2 rings (SSSR count). The Kier molecular flexibility index (Phi) is 6.97. The van der Waals surface area contributed by atoms with Crippen LogP contribution in [0.2, 0.25) is 0 Å². The molecule has 0 aromatic heterocycles. The fraction of sp³-hybridized carbons (Fsp3) is 0.500. The predicted octanol–water partition coefficient (Wildman–Crippen LogP) is 1.99. The topological polar surface area (TPSA) is 92.8 Å². The Balaban J connectivity index is 1.75. The summed E-state index contributed by atoms with van der Waals surface area (Å²) >= 11 is 3.30. The zero-order valence-electron chi connectivity index (χ0n) is 13.9. The maximum atomic E-state index is 12.0. The second kappa shape index (κ2) is 8.77. The standard InChI is InChI=1S/C16H21BrN2O5S/c1-2-25(22,23)19-9-7-12(8-10-19)16(21)24-11-15(20)18-14-5-3-13(17)4-6-14/h3-6,12H,2,7-11H2,1H3,(H,18,20). The van der Waals surface area contributed by atoms with Crippen LogP contribution in [0.1, 0.15) is 19.8 Å². The maximum absolute atomic E-state index is 12.0. The Morgan fingerprint density at radius 2 is 1.84 bits per heavy atom. The highest BCUT2D eigenvalue weighted by Gasteiger charge is 2.31. The first-order valence-corrected chi connectivity index (χ1v) is 10.4. The lowest BCUT2D eigenvalue weighted by molar-refractivity contribution is -0.152. The van der Waals surface area contributed by atoms with Crippen LogP contribution < -0.4 is 5.32 Å². The first kappa shape index (κ1) is 19.9. The number of nitrogens with one attached hydrogen (secondary N) is 1. The van der Waals surface area contributed by atoms with Gasteiger partial charge in [-0.1, -0.05) is 15.9 Å². The molecule has 25 heavy (non-hydrogen) atoms. The molecule has 1 heterocycles. The summed E-state index contributed by atoms with van der Waals surface area (Å²) in [5.41, 5.74) is 0.613. The van der Waals surface area contributed by atoms with E-state index in [9.17, 15) is 18.0 Å². The number of carbonyl (C=O) groups excluding carboxylic acids is 2. The smallest absolute Gasteiger partial charge is 0.309 e. The number of carbonyl (C=O) groups is 2. The number of nitrogens with zero attached hydrogens (tertiary/aromatic N) is 1. The molecule has 0 saturated carbocycles. The fourth-order valence-corrected chi connectivity index (χ4v) is 3.93. The van der Waals surface area contributed by atoms with Crippen molar-refractivity contribution in [2.45, 2.75) is 19.8 Å². The molecule has 138 valence electrons. The van der Waals surface area contributed by atoms with E-state index in [4.69, 9.17) is 4.74 Å². The van der Waals surface area contributed by atoms with Gasteiger partial charge in [0.1, 0.15) is 0 Å². The first-order valence-electron chi connectivity index (χ1n) is 8.01. The van der Waals surface area contributed by atoms with Gasteiger partial charge in [0.15, 0.2) is 6.61 Å². The van der Waals surface area contributed by atoms with Gasteiger partial charge in [0.2, 0.25) is 10.0 Å². The number of benzene rings is 1. The Bertz CT molecular complexity index is 713. The van der Waals surface area contributed by atoms with E-state index < -0.39 is 21.9 Å². The quantitative estimate of drug-likeness (QED) is 0.693. The lowest BCUT2D eigenvalue weighted by atomic mass is 9.98. The highest BCUT2D eigenvalue weighted by molar-refractivity contribution is 9.10. The molecule has 1 aromatic carbocycles. The number of halogens is 1. The zero-order chi connectivity index (χ0) is 18.4. The Morgan fingerprint density at radius 1 is 1.24 bits per heavy atom. The van der Waals surface area contributed by atoms with Gasteiger partial charge in [0, 0.05) is 23.2 Å². The van der Waals surface area contributed by atoms with Crippen LogP contribution in [0.5, 0.6) is 0 Å². The first-order chi connectivity index (χ1) is 11.8. The van der Waals surface area contributed by atoms with E-state index in [2.05, 4.69) is 21.2 Å². The number of anilines is 1. The molecule has 1 aliphatic rings. The molecule has 0 radical (unpaired) electrons. The third-order valence-electron chi connectivity index (χ3n) is 4.02. The Hall–Kier alpha value is -1.45. The molecule has 1 aromatic rings. The molecule has 0 bridgehead atoms. The minimum atomic E-state index is -3.22. The highest BCUT2D eigenvalue weighted by atomic mass is 79.9. The van der Waals surface area contributed by atoms with Gasteiger partial charge in [-0.15, -0.1) is 0 Å². The largest absolute Gasteiger partial charge is 0.455 e. The monoisotopic (exact) mass is 432 g/mol. The van der Waals surface area contributed by atoms with Gasteiger partial charge in [-0.05, 0) is 44.0 Å². The number of ether oxygens (including phenoxy) is 1. The van der Waals surface area contributed by atoms with Gasteiger partial charge in [-0.3, -0.25) is 9.59 Å². The summed E-state index contributed by atoms with van der Waals surface area (Å²) in [5, 5.41) is 2.64. The molecule has 1 fully saturated rings. The second-order valence-electron chi connectivity index (χ2n) is 5.74. The molecule has 1 N–H and O–H groups in total. The third-order valence-corrected chi connectivity index (χ3v) is 6.43. The molecule has 0 unspecified atom stereocenters. The zero-order valence-corrected chi connectivity index (χ0v) is 16.3. The molecule has 9 heteroatoms. The summed E-state index contributed by atoms with van der Waals surface area (Å²) in [4.78, 5) is 23.9. The van der Waals surface area contributed by atoms with Gasteiger partial charge < -0.3 is 10.1 Å². The van der Waals surface area contributed by atoms with Crippen molar-refractivity contribution in [3.8, 4) is 0 Å². The summed E-state index contributed by atoms with van der Waals surface area (Å²) in [6.07, 6.45) is 0.818. The van der Waals surface area contributed by atoms with Gasteiger partial charge >= 0.3 is 5.97 Å². The molecule has 1 amide bonds. The molecule has 0 atom stereocenters. The lowest BCUT2D eigenvalue weighted by Crippen LogP contribution is -2.41. The molecular weight excluding hydrogens is 412 g/mol. The van der Waals surface area contributed by atoms with Gasteiger partial charge in [0.25, 0.3) is 5.91 Å². The fourth-order valence-electron chi connectivity index (χ4n) is 2.54. The summed E-state index contributed by atoms with van der Waals surface area (Å²) in [7, 11) is -3.22. The lowest BCUT2D eigenvalue weighted by Gasteiger charge is -2.29. The van der Waals surface area contributed by atoms with Crippen LogP contribution in [-0.4, -0.2) is 50.0 Å². The molecule has 1 aliphatic heterocycles. The number of hydrogen-bond acceptors (Lipinski definition) is 5. The molecule has 0 aliphatic carbocycles. The SMILES string of the molecule is CCS(=O)(=O)N1CCC(C(=O)OCC(=O)Nc2ccc(Br)cc2)CC1. The van der Waals surface area contributed by atoms with Crippen LogP contribution in [-0.2, 0) is 24.3 Å². The predicted molar refractivity (Wildman–Crippen MR) is 97.5 cm³/mol. The Morgan fingerprint density at radius 3 is 2.40 bits per heavy atom. The van der Waals surface area contributed by atoms with Crippen LogP contribution in [0.3, 0.4) is 0 Å². The van der Waals surface area contributed by atoms with Crippen molar-refractivity contribution >= 4 is 43.5 Å². The molecule has 7 nitrogen and oxygen atoms in total. The average molecular weight is 433 g/mol. The van der Waals surface area contributed by atoms with E-state index in [1.54, 1.807) is 31.2 Å². The van der Waals surface area contributed by atoms with Crippen molar-refractivity contribution in [2.24, 2.45) is 5.92 Å². The number of esters is 1. The van der Waals surface area contributed by atoms with Crippen molar-refractivity contribution < 1.29 is 22.7 Å². The van der Waals surface area contributed by atoms with Crippen molar-refractivity contribution in [3.05, 3.63) is 28.7 Å².